The minimum atomic E-state index is -0.545. The fourth-order valence-electron chi connectivity index (χ4n) is 4.42. The Morgan fingerprint density at radius 3 is 2.64 bits per heavy atom. The molecule has 182 valence electrons. The fourth-order valence-corrected chi connectivity index (χ4v) is 4.42. The molecule has 0 saturated carbocycles. The van der Waals surface area contributed by atoms with Crippen molar-refractivity contribution in [1.29, 1.82) is 0 Å². The number of rotatable bonds is 6. The zero-order chi connectivity index (χ0) is 25.4. The number of amides is 2. The van der Waals surface area contributed by atoms with E-state index < -0.39 is 5.91 Å². The van der Waals surface area contributed by atoms with Crippen molar-refractivity contribution >= 4 is 34.2 Å². The van der Waals surface area contributed by atoms with Crippen LogP contribution in [0, 0.1) is 0 Å². The van der Waals surface area contributed by atoms with Crippen LogP contribution in [0.5, 0.6) is 5.75 Å². The SMILES string of the molecule is CC(C)(C)N(c1ccc2c(c1)CNC2=O)c1nc(-c2cccc(OCC(N)=O)c2)nc2ccccc12. The Morgan fingerprint density at radius 1 is 1.06 bits per heavy atom. The molecule has 1 aromatic heterocycles. The quantitative estimate of drug-likeness (QED) is 0.424. The molecule has 1 aliphatic rings. The summed E-state index contributed by atoms with van der Waals surface area (Å²) >= 11 is 0. The zero-order valence-electron chi connectivity index (χ0n) is 20.4. The number of carbonyl (C=O) groups excluding carboxylic acids is 2. The van der Waals surface area contributed by atoms with Gasteiger partial charge in [-0.1, -0.05) is 24.3 Å². The van der Waals surface area contributed by atoms with Crippen LogP contribution in [0.3, 0.4) is 0 Å². The van der Waals surface area contributed by atoms with Crippen molar-refractivity contribution < 1.29 is 14.3 Å². The van der Waals surface area contributed by atoms with Crippen LogP contribution < -0.4 is 20.7 Å². The Kier molecular flexibility index (Phi) is 5.80. The molecule has 0 aliphatic carbocycles. The minimum absolute atomic E-state index is 0.0490. The molecule has 3 aromatic carbocycles. The smallest absolute Gasteiger partial charge is 0.255 e. The van der Waals surface area contributed by atoms with Crippen LogP contribution >= 0.6 is 0 Å². The Labute approximate surface area is 209 Å². The number of hydrogen-bond donors (Lipinski definition) is 2. The van der Waals surface area contributed by atoms with E-state index in [4.69, 9.17) is 20.4 Å². The molecule has 0 unspecified atom stereocenters. The third-order valence-electron chi connectivity index (χ3n) is 5.97. The molecule has 1 aliphatic heterocycles. The standard InChI is InChI=1S/C28H27N5O3/c1-28(2,3)33(19-11-12-21-18(13-19)15-30-27(21)35)26-22-9-4-5-10-23(22)31-25(32-26)17-7-6-8-20(14-17)36-16-24(29)34/h4-14H,15-16H2,1-3H3,(H2,29,34)(H,30,35). The van der Waals surface area contributed by atoms with E-state index in [0.717, 1.165) is 33.5 Å². The average Bonchev–Trinajstić information content (AvgIpc) is 3.22. The largest absolute Gasteiger partial charge is 0.484 e. The average molecular weight is 482 g/mol. The number of para-hydroxylation sites is 1. The van der Waals surface area contributed by atoms with Crippen LogP contribution in [0.2, 0.25) is 0 Å². The summed E-state index contributed by atoms with van der Waals surface area (Å²) in [5.74, 6) is 1.20. The van der Waals surface area contributed by atoms with Gasteiger partial charge in [-0.25, -0.2) is 9.97 Å². The highest BCUT2D eigenvalue weighted by Crippen LogP contribution is 2.38. The lowest BCUT2D eigenvalue weighted by Crippen LogP contribution is -2.38. The Balaban J connectivity index is 1.67. The summed E-state index contributed by atoms with van der Waals surface area (Å²) in [6, 6.07) is 21.1. The molecule has 0 bridgehead atoms. The first-order chi connectivity index (χ1) is 17.2. The summed E-state index contributed by atoms with van der Waals surface area (Å²) in [4.78, 5) is 35.3. The molecule has 0 atom stereocenters. The van der Waals surface area contributed by atoms with Crippen LogP contribution in [-0.2, 0) is 11.3 Å². The van der Waals surface area contributed by atoms with E-state index in [1.165, 1.54) is 0 Å². The summed E-state index contributed by atoms with van der Waals surface area (Å²) in [5, 5.41) is 3.80. The molecule has 4 aromatic rings. The maximum atomic E-state index is 12.1. The molecule has 0 fully saturated rings. The number of anilines is 2. The normalized spacial score (nSPS) is 12.8. The number of hydrogen-bond acceptors (Lipinski definition) is 6. The molecule has 2 amide bonds. The van der Waals surface area contributed by atoms with Gasteiger partial charge in [0.1, 0.15) is 11.6 Å². The molecule has 0 radical (unpaired) electrons. The van der Waals surface area contributed by atoms with Crippen LogP contribution in [0.15, 0.2) is 66.7 Å². The van der Waals surface area contributed by atoms with Crippen LogP contribution in [0.1, 0.15) is 36.7 Å². The van der Waals surface area contributed by atoms with Gasteiger partial charge in [0.25, 0.3) is 11.8 Å². The highest BCUT2D eigenvalue weighted by molar-refractivity contribution is 5.99. The monoisotopic (exact) mass is 481 g/mol. The number of benzene rings is 3. The van der Waals surface area contributed by atoms with Crippen molar-refractivity contribution in [2.75, 3.05) is 11.5 Å². The summed E-state index contributed by atoms with van der Waals surface area (Å²) in [5.41, 5.74) is 9.04. The van der Waals surface area contributed by atoms with Gasteiger partial charge in [-0.15, -0.1) is 0 Å². The van der Waals surface area contributed by atoms with Crippen molar-refractivity contribution in [3.8, 4) is 17.1 Å². The third-order valence-corrected chi connectivity index (χ3v) is 5.97. The first-order valence-electron chi connectivity index (χ1n) is 11.7. The number of nitrogens with one attached hydrogen (secondary N) is 1. The molecule has 8 nitrogen and oxygen atoms in total. The van der Waals surface area contributed by atoms with Crippen LogP contribution in [-0.4, -0.2) is 33.9 Å². The van der Waals surface area contributed by atoms with Gasteiger partial charge in [-0.3, -0.25) is 9.59 Å². The topological polar surface area (TPSA) is 110 Å². The Hall–Kier alpha value is -4.46. The number of ether oxygens (including phenoxy) is 1. The summed E-state index contributed by atoms with van der Waals surface area (Å²) < 4.78 is 5.50. The molecule has 8 heteroatoms. The number of aromatic nitrogens is 2. The molecule has 3 N–H and O–H groups in total. The predicted octanol–water partition coefficient (Wildman–Crippen LogP) is 4.34. The van der Waals surface area contributed by atoms with Gasteiger partial charge in [-0.2, -0.15) is 0 Å². The van der Waals surface area contributed by atoms with Gasteiger partial charge < -0.3 is 20.7 Å². The summed E-state index contributed by atoms with van der Waals surface area (Å²) in [6.45, 7) is 6.67. The van der Waals surface area contributed by atoms with E-state index in [0.29, 0.717) is 23.7 Å². The highest BCUT2D eigenvalue weighted by atomic mass is 16.5. The van der Waals surface area contributed by atoms with Gasteiger partial charge in [0, 0.05) is 34.3 Å². The van der Waals surface area contributed by atoms with Gasteiger partial charge in [0.15, 0.2) is 12.4 Å². The molecule has 5 rings (SSSR count). The molecule has 0 spiro atoms. The maximum Gasteiger partial charge on any atom is 0.255 e. The Morgan fingerprint density at radius 2 is 1.86 bits per heavy atom. The minimum Gasteiger partial charge on any atom is -0.484 e. The van der Waals surface area contributed by atoms with Crippen molar-refractivity contribution in [3.05, 3.63) is 77.9 Å². The summed E-state index contributed by atoms with van der Waals surface area (Å²) in [6.07, 6.45) is 0. The van der Waals surface area contributed by atoms with Crippen molar-refractivity contribution in [2.45, 2.75) is 32.9 Å². The number of fused-ring (bicyclic) bond motifs is 2. The molecule has 2 heterocycles. The van der Waals surface area contributed by atoms with E-state index in [9.17, 15) is 9.59 Å². The zero-order valence-corrected chi connectivity index (χ0v) is 20.4. The van der Waals surface area contributed by atoms with E-state index in [-0.39, 0.29) is 18.1 Å². The van der Waals surface area contributed by atoms with Crippen molar-refractivity contribution in [1.82, 2.24) is 15.3 Å². The highest BCUT2D eigenvalue weighted by Gasteiger charge is 2.29. The second-order valence-electron chi connectivity index (χ2n) is 9.70. The van der Waals surface area contributed by atoms with Gasteiger partial charge in [0.2, 0.25) is 0 Å². The number of carbonyl (C=O) groups is 2. The summed E-state index contributed by atoms with van der Waals surface area (Å²) in [7, 11) is 0. The number of primary amides is 1. The van der Waals surface area contributed by atoms with E-state index in [1.807, 2.05) is 54.6 Å². The molecule has 36 heavy (non-hydrogen) atoms. The maximum absolute atomic E-state index is 12.1. The van der Waals surface area contributed by atoms with Crippen molar-refractivity contribution in [3.63, 3.8) is 0 Å². The lowest BCUT2D eigenvalue weighted by atomic mass is 10.0. The Bertz CT molecular complexity index is 1490. The third kappa shape index (κ3) is 4.45. The van der Waals surface area contributed by atoms with Crippen LogP contribution in [0.4, 0.5) is 11.5 Å². The van der Waals surface area contributed by atoms with E-state index >= 15 is 0 Å². The van der Waals surface area contributed by atoms with E-state index in [2.05, 4.69) is 31.0 Å². The second kappa shape index (κ2) is 8.96. The van der Waals surface area contributed by atoms with E-state index in [1.54, 1.807) is 12.1 Å². The predicted molar refractivity (Wildman–Crippen MR) is 139 cm³/mol. The first kappa shape index (κ1) is 23.3. The van der Waals surface area contributed by atoms with Crippen LogP contribution in [0.25, 0.3) is 22.3 Å². The van der Waals surface area contributed by atoms with Crippen molar-refractivity contribution in [2.24, 2.45) is 5.73 Å². The molecule has 0 saturated heterocycles. The lowest BCUT2D eigenvalue weighted by Gasteiger charge is -2.37. The lowest BCUT2D eigenvalue weighted by molar-refractivity contribution is -0.119. The number of nitrogens with two attached hydrogens (primary N) is 1. The first-order valence-corrected chi connectivity index (χ1v) is 11.7. The van der Waals surface area contributed by atoms with Gasteiger partial charge in [0.05, 0.1) is 5.52 Å². The molecular weight excluding hydrogens is 454 g/mol. The fraction of sp³-hybridized carbons (Fsp3) is 0.214. The molecular formula is C28H27N5O3. The van der Waals surface area contributed by atoms with Gasteiger partial charge in [-0.05, 0) is 68.8 Å². The number of nitrogens with zero attached hydrogens (tertiary/aromatic N) is 3. The second-order valence-corrected chi connectivity index (χ2v) is 9.70. The van der Waals surface area contributed by atoms with Gasteiger partial charge >= 0.3 is 0 Å².